The average molecular weight is 384 g/mol. The van der Waals surface area contributed by atoms with Crippen LogP contribution in [0.3, 0.4) is 0 Å². The number of hydrogen-bond donors (Lipinski definition) is 0. The van der Waals surface area contributed by atoms with Gasteiger partial charge in [0, 0.05) is 22.0 Å². The summed E-state index contributed by atoms with van der Waals surface area (Å²) in [6, 6.07) is 8.40. The van der Waals surface area contributed by atoms with E-state index in [9.17, 15) is 4.79 Å². The Labute approximate surface area is 161 Å². The standard InChI is InChI=1S/C20H21N3OS2/c1-11-9-15-7-5-6-8-16(15)23(11)17(24)10-25-19-18-12(2)13(3)26-20(18)22-14(4)21-19/h5-8,11H,9-10H2,1-4H3/t11-/m0/s1. The molecule has 6 heteroatoms. The second-order valence-corrected chi connectivity index (χ2v) is 8.94. The van der Waals surface area contributed by atoms with Crippen LogP contribution in [0.5, 0.6) is 0 Å². The number of thioether (sulfide) groups is 1. The quantitative estimate of drug-likeness (QED) is 0.486. The zero-order chi connectivity index (χ0) is 18.4. The van der Waals surface area contributed by atoms with Crippen molar-refractivity contribution in [2.75, 3.05) is 10.7 Å². The molecule has 26 heavy (non-hydrogen) atoms. The van der Waals surface area contributed by atoms with E-state index in [-0.39, 0.29) is 11.9 Å². The number of thiophene rings is 1. The topological polar surface area (TPSA) is 46.1 Å². The lowest BCUT2D eigenvalue weighted by Gasteiger charge is -2.22. The first-order valence-corrected chi connectivity index (χ1v) is 10.5. The van der Waals surface area contributed by atoms with E-state index in [1.165, 1.54) is 27.8 Å². The molecule has 2 aromatic heterocycles. The van der Waals surface area contributed by atoms with Crippen molar-refractivity contribution in [2.24, 2.45) is 0 Å². The molecule has 3 aromatic rings. The van der Waals surface area contributed by atoms with Gasteiger partial charge in [-0.15, -0.1) is 11.3 Å². The molecule has 1 atom stereocenters. The number of aryl methyl sites for hydroxylation is 3. The van der Waals surface area contributed by atoms with Gasteiger partial charge >= 0.3 is 0 Å². The molecule has 3 heterocycles. The van der Waals surface area contributed by atoms with Crippen LogP contribution in [0.2, 0.25) is 0 Å². The normalized spacial score (nSPS) is 16.3. The molecule has 1 aromatic carbocycles. The van der Waals surface area contributed by atoms with Crippen LogP contribution in [0.15, 0.2) is 29.3 Å². The lowest BCUT2D eigenvalue weighted by molar-refractivity contribution is -0.116. The van der Waals surface area contributed by atoms with Gasteiger partial charge in [-0.05, 0) is 51.3 Å². The molecule has 0 spiro atoms. The number of carbonyl (C=O) groups is 1. The van der Waals surface area contributed by atoms with Crippen LogP contribution in [0, 0.1) is 20.8 Å². The Hall–Kier alpha value is -1.92. The number of anilines is 1. The number of aromatic nitrogens is 2. The summed E-state index contributed by atoms with van der Waals surface area (Å²) in [7, 11) is 0. The highest BCUT2D eigenvalue weighted by molar-refractivity contribution is 8.00. The van der Waals surface area contributed by atoms with Gasteiger partial charge in [0.1, 0.15) is 15.7 Å². The highest BCUT2D eigenvalue weighted by atomic mass is 32.2. The first kappa shape index (κ1) is 17.5. The fourth-order valence-electron chi connectivity index (χ4n) is 3.56. The number of carbonyl (C=O) groups excluding carboxylic acids is 1. The van der Waals surface area contributed by atoms with Crippen molar-refractivity contribution >= 4 is 44.9 Å². The lowest BCUT2D eigenvalue weighted by atomic mass is 10.1. The van der Waals surface area contributed by atoms with Gasteiger partial charge in [-0.2, -0.15) is 0 Å². The molecular weight excluding hydrogens is 362 g/mol. The number of hydrogen-bond acceptors (Lipinski definition) is 5. The zero-order valence-corrected chi connectivity index (χ0v) is 17.0. The maximum Gasteiger partial charge on any atom is 0.237 e. The Balaban J connectivity index is 1.60. The Morgan fingerprint density at radius 2 is 2.04 bits per heavy atom. The van der Waals surface area contributed by atoms with Gasteiger partial charge in [0.15, 0.2) is 0 Å². The van der Waals surface area contributed by atoms with Crippen molar-refractivity contribution in [3.8, 4) is 0 Å². The van der Waals surface area contributed by atoms with Crippen molar-refractivity contribution in [2.45, 2.75) is 45.2 Å². The van der Waals surface area contributed by atoms with Crippen LogP contribution in [-0.2, 0) is 11.2 Å². The maximum absolute atomic E-state index is 13.0. The van der Waals surface area contributed by atoms with Crippen LogP contribution < -0.4 is 4.90 Å². The van der Waals surface area contributed by atoms with E-state index in [1.54, 1.807) is 11.3 Å². The molecule has 0 fully saturated rings. The molecule has 0 aliphatic carbocycles. The number of para-hydroxylation sites is 1. The Kier molecular flexibility index (Phi) is 4.49. The van der Waals surface area contributed by atoms with Crippen molar-refractivity contribution < 1.29 is 4.79 Å². The molecular formula is C20H21N3OS2. The van der Waals surface area contributed by atoms with E-state index in [2.05, 4.69) is 36.8 Å². The van der Waals surface area contributed by atoms with E-state index in [0.717, 1.165) is 33.2 Å². The van der Waals surface area contributed by atoms with Crippen molar-refractivity contribution in [3.63, 3.8) is 0 Å². The van der Waals surface area contributed by atoms with E-state index >= 15 is 0 Å². The fraction of sp³-hybridized carbons (Fsp3) is 0.350. The second kappa shape index (κ2) is 6.67. The third-order valence-electron chi connectivity index (χ3n) is 4.92. The number of amides is 1. The number of rotatable bonds is 3. The Morgan fingerprint density at radius 3 is 2.85 bits per heavy atom. The molecule has 1 aliphatic rings. The summed E-state index contributed by atoms with van der Waals surface area (Å²) in [6.45, 7) is 8.24. The minimum Gasteiger partial charge on any atom is -0.308 e. The summed E-state index contributed by atoms with van der Waals surface area (Å²) < 4.78 is 0. The monoisotopic (exact) mass is 383 g/mol. The van der Waals surface area contributed by atoms with E-state index in [1.807, 2.05) is 30.0 Å². The van der Waals surface area contributed by atoms with Gasteiger partial charge in [0.2, 0.25) is 5.91 Å². The van der Waals surface area contributed by atoms with Crippen LogP contribution in [0.4, 0.5) is 5.69 Å². The second-order valence-electron chi connectivity index (χ2n) is 6.77. The van der Waals surface area contributed by atoms with Crippen LogP contribution in [-0.4, -0.2) is 27.7 Å². The third kappa shape index (κ3) is 2.91. The molecule has 0 unspecified atom stereocenters. The Morgan fingerprint density at radius 1 is 1.27 bits per heavy atom. The minimum atomic E-state index is 0.140. The number of fused-ring (bicyclic) bond motifs is 2. The molecule has 0 N–H and O–H groups in total. The molecule has 0 radical (unpaired) electrons. The SMILES string of the molecule is Cc1nc(SCC(=O)N2c3ccccc3C[C@@H]2C)c2c(C)c(C)sc2n1. The number of nitrogens with zero attached hydrogens (tertiary/aromatic N) is 3. The first-order chi connectivity index (χ1) is 12.5. The van der Waals surface area contributed by atoms with Crippen molar-refractivity contribution in [1.29, 1.82) is 0 Å². The van der Waals surface area contributed by atoms with Gasteiger partial charge in [-0.3, -0.25) is 4.79 Å². The smallest absolute Gasteiger partial charge is 0.237 e. The van der Waals surface area contributed by atoms with Gasteiger partial charge < -0.3 is 4.90 Å². The predicted octanol–water partition coefficient (Wildman–Crippen LogP) is 4.69. The molecule has 0 saturated carbocycles. The van der Waals surface area contributed by atoms with Gasteiger partial charge in [0.05, 0.1) is 5.75 Å². The molecule has 1 aliphatic heterocycles. The molecule has 0 bridgehead atoms. The highest BCUT2D eigenvalue weighted by Gasteiger charge is 2.30. The molecule has 134 valence electrons. The molecule has 1 amide bonds. The Bertz CT molecular complexity index is 1010. The summed E-state index contributed by atoms with van der Waals surface area (Å²) >= 11 is 3.23. The summed E-state index contributed by atoms with van der Waals surface area (Å²) in [6.07, 6.45) is 0.923. The average Bonchev–Trinajstić information content (AvgIpc) is 3.08. The lowest BCUT2D eigenvalue weighted by Crippen LogP contribution is -2.37. The van der Waals surface area contributed by atoms with Crippen LogP contribution >= 0.6 is 23.1 Å². The van der Waals surface area contributed by atoms with E-state index < -0.39 is 0 Å². The van der Waals surface area contributed by atoms with Gasteiger partial charge in [0.25, 0.3) is 0 Å². The molecule has 0 saturated heterocycles. The highest BCUT2D eigenvalue weighted by Crippen LogP contribution is 2.36. The fourth-order valence-corrected chi connectivity index (χ4v) is 5.69. The van der Waals surface area contributed by atoms with Gasteiger partial charge in [-0.25, -0.2) is 9.97 Å². The van der Waals surface area contributed by atoms with Crippen molar-refractivity contribution in [1.82, 2.24) is 9.97 Å². The summed E-state index contributed by atoms with van der Waals surface area (Å²) in [5.41, 5.74) is 3.53. The largest absolute Gasteiger partial charge is 0.308 e. The minimum absolute atomic E-state index is 0.140. The number of benzene rings is 1. The van der Waals surface area contributed by atoms with E-state index in [0.29, 0.717) is 5.75 Å². The summed E-state index contributed by atoms with van der Waals surface area (Å²) in [5.74, 6) is 1.29. The zero-order valence-electron chi connectivity index (χ0n) is 15.4. The first-order valence-electron chi connectivity index (χ1n) is 8.73. The van der Waals surface area contributed by atoms with E-state index in [4.69, 9.17) is 0 Å². The van der Waals surface area contributed by atoms with Gasteiger partial charge in [-0.1, -0.05) is 30.0 Å². The third-order valence-corrected chi connectivity index (χ3v) is 6.98. The molecule has 4 nitrogen and oxygen atoms in total. The predicted molar refractivity (Wildman–Crippen MR) is 109 cm³/mol. The molecule has 4 rings (SSSR count). The summed E-state index contributed by atoms with van der Waals surface area (Å²) in [4.78, 5) is 26.4. The van der Waals surface area contributed by atoms with Crippen molar-refractivity contribution in [3.05, 3.63) is 46.1 Å². The van der Waals surface area contributed by atoms with Crippen LogP contribution in [0.25, 0.3) is 10.2 Å². The van der Waals surface area contributed by atoms with Crippen LogP contribution in [0.1, 0.15) is 28.8 Å². The maximum atomic E-state index is 13.0. The summed E-state index contributed by atoms with van der Waals surface area (Å²) in [5, 5.41) is 2.02.